The number of imidazole rings is 1. The molecule has 0 radical (unpaired) electrons. The second kappa shape index (κ2) is 7.58. The van der Waals surface area contributed by atoms with Gasteiger partial charge in [0.2, 0.25) is 0 Å². The molecule has 0 saturated carbocycles. The maximum absolute atomic E-state index is 6.07. The second-order valence-electron chi connectivity index (χ2n) is 7.04. The first-order valence-electron chi connectivity index (χ1n) is 9.53. The highest BCUT2D eigenvalue weighted by Crippen LogP contribution is 2.29. The molecule has 6 nitrogen and oxygen atoms in total. The maximum Gasteiger partial charge on any atom is 0.137 e. The number of likely N-dealkylation sites (N-methyl/N-ethyl adjacent to an activating group) is 1. The Kier molecular flexibility index (Phi) is 5.01. The Labute approximate surface area is 160 Å². The number of rotatable bonds is 5. The zero-order chi connectivity index (χ0) is 18.8. The number of nitrogen functional groups attached to an aromatic ring is 1. The number of benzene rings is 1. The van der Waals surface area contributed by atoms with Gasteiger partial charge in [0.1, 0.15) is 11.4 Å². The van der Waals surface area contributed by atoms with E-state index in [1.54, 1.807) is 7.11 Å². The summed E-state index contributed by atoms with van der Waals surface area (Å²) >= 11 is 0. The highest BCUT2D eigenvalue weighted by molar-refractivity contribution is 5.68. The van der Waals surface area contributed by atoms with Crippen LogP contribution in [-0.4, -0.2) is 59.0 Å². The van der Waals surface area contributed by atoms with Crippen molar-refractivity contribution < 1.29 is 4.74 Å². The minimum atomic E-state index is 0.745. The van der Waals surface area contributed by atoms with Crippen LogP contribution in [-0.2, 0) is 6.54 Å². The van der Waals surface area contributed by atoms with E-state index < -0.39 is 0 Å². The normalized spacial score (nSPS) is 16.1. The molecular weight excluding hydrogens is 338 g/mol. The van der Waals surface area contributed by atoms with Gasteiger partial charge in [-0.1, -0.05) is 19.1 Å². The fraction of sp³-hybridized carbons (Fsp3) is 0.381. The molecule has 1 fully saturated rings. The lowest BCUT2D eigenvalue weighted by Gasteiger charge is -2.34. The monoisotopic (exact) mass is 365 g/mol. The maximum atomic E-state index is 6.07. The van der Waals surface area contributed by atoms with Gasteiger partial charge in [-0.05, 0) is 30.8 Å². The first-order valence-corrected chi connectivity index (χ1v) is 9.53. The molecule has 2 N–H and O–H groups in total. The average Bonchev–Trinajstić information content (AvgIpc) is 3.06. The van der Waals surface area contributed by atoms with Crippen LogP contribution in [0.15, 0.2) is 42.6 Å². The molecule has 6 heteroatoms. The number of aromatic nitrogens is 2. The largest absolute Gasteiger partial charge is 0.497 e. The van der Waals surface area contributed by atoms with Crippen molar-refractivity contribution in [3.05, 3.63) is 48.3 Å². The SMILES string of the molecule is CCN1CCN(Cc2c(-c3cccc(OC)c3)nc3ccc(N)cn23)CC1. The Bertz CT molecular complexity index is 927. The number of fused-ring (bicyclic) bond motifs is 1. The second-order valence-corrected chi connectivity index (χ2v) is 7.04. The third-order valence-electron chi connectivity index (χ3n) is 5.37. The number of hydrogen-bond donors (Lipinski definition) is 1. The van der Waals surface area contributed by atoms with E-state index in [1.807, 2.05) is 36.5 Å². The standard InChI is InChI=1S/C21H27N5O/c1-3-24-9-11-25(12-10-24)15-19-21(16-5-4-6-18(13-16)27-2)23-20-8-7-17(22)14-26(19)20/h4-8,13-14H,3,9-12,15,22H2,1-2H3. The van der Waals surface area contributed by atoms with Crippen LogP contribution in [0.3, 0.4) is 0 Å². The lowest BCUT2D eigenvalue weighted by molar-refractivity contribution is 0.131. The lowest BCUT2D eigenvalue weighted by Crippen LogP contribution is -2.45. The minimum Gasteiger partial charge on any atom is -0.497 e. The van der Waals surface area contributed by atoms with Crippen molar-refractivity contribution >= 4 is 11.3 Å². The van der Waals surface area contributed by atoms with E-state index in [0.717, 1.165) is 67.6 Å². The van der Waals surface area contributed by atoms with E-state index in [0.29, 0.717) is 0 Å². The topological polar surface area (TPSA) is 59.0 Å². The molecule has 0 unspecified atom stereocenters. The zero-order valence-electron chi connectivity index (χ0n) is 16.1. The number of anilines is 1. The van der Waals surface area contributed by atoms with Crippen LogP contribution in [0.1, 0.15) is 12.6 Å². The summed E-state index contributed by atoms with van der Waals surface area (Å²) in [5, 5.41) is 0. The van der Waals surface area contributed by atoms with Gasteiger partial charge in [-0.2, -0.15) is 0 Å². The number of nitrogens with two attached hydrogens (primary N) is 1. The third-order valence-corrected chi connectivity index (χ3v) is 5.37. The Morgan fingerprint density at radius 3 is 2.59 bits per heavy atom. The van der Waals surface area contributed by atoms with E-state index >= 15 is 0 Å². The van der Waals surface area contributed by atoms with Crippen LogP contribution in [0, 0.1) is 0 Å². The number of hydrogen-bond acceptors (Lipinski definition) is 5. The van der Waals surface area contributed by atoms with Crippen LogP contribution >= 0.6 is 0 Å². The van der Waals surface area contributed by atoms with Gasteiger partial charge in [-0.15, -0.1) is 0 Å². The lowest BCUT2D eigenvalue weighted by atomic mass is 10.1. The molecule has 2 aromatic heterocycles. The molecule has 0 atom stereocenters. The summed E-state index contributed by atoms with van der Waals surface area (Å²) in [5.74, 6) is 0.839. The fourth-order valence-corrected chi connectivity index (χ4v) is 3.74. The predicted molar refractivity (Wildman–Crippen MR) is 109 cm³/mol. The summed E-state index contributed by atoms with van der Waals surface area (Å²) in [5.41, 5.74) is 11.0. The van der Waals surface area contributed by atoms with Gasteiger partial charge in [-0.25, -0.2) is 4.98 Å². The molecule has 0 aliphatic carbocycles. The van der Waals surface area contributed by atoms with E-state index in [-0.39, 0.29) is 0 Å². The van der Waals surface area contributed by atoms with Crippen molar-refractivity contribution in [3.8, 4) is 17.0 Å². The predicted octanol–water partition coefficient (Wildman–Crippen LogP) is 2.73. The van der Waals surface area contributed by atoms with Gasteiger partial charge in [-0.3, -0.25) is 4.90 Å². The summed E-state index contributed by atoms with van der Waals surface area (Å²) < 4.78 is 7.55. The number of piperazine rings is 1. The molecule has 0 bridgehead atoms. The number of methoxy groups -OCH3 is 1. The Morgan fingerprint density at radius 1 is 1.07 bits per heavy atom. The summed E-state index contributed by atoms with van der Waals surface area (Å²) in [6.45, 7) is 8.57. The summed E-state index contributed by atoms with van der Waals surface area (Å²) in [7, 11) is 1.69. The molecular formula is C21H27N5O. The van der Waals surface area contributed by atoms with Crippen LogP contribution < -0.4 is 10.5 Å². The van der Waals surface area contributed by atoms with E-state index in [4.69, 9.17) is 15.5 Å². The molecule has 27 heavy (non-hydrogen) atoms. The highest BCUT2D eigenvalue weighted by atomic mass is 16.5. The van der Waals surface area contributed by atoms with Crippen molar-refractivity contribution in [2.45, 2.75) is 13.5 Å². The van der Waals surface area contributed by atoms with E-state index in [2.05, 4.69) is 27.2 Å². The smallest absolute Gasteiger partial charge is 0.137 e. The quantitative estimate of drug-likeness (QED) is 0.753. The van der Waals surface area contributed by atoms with Gasteiger partial charge >= 0.3 is 0 Å². The Balaban J connectivity index is 1.73. The first-order chi connectivity index (χ1) is 13.2. The average molecular weight is 365 g/mol. The third kappa shape index (κ3) is 3.63. The van der Waals surface area contributed by atoms with Crippen molar-refractivity contribution in [2.75, 3.05) is 45.6 Å². The van der Waals surface area contributed by atoms with Gasteiger partial charge in [0, 0.05) is 50.2 Å². The van der Waals surface area contributed by atoms with Crippen LogP contribution in [0.25, 0.3) is 16.9 Å². The van der Waals surface area contributed by atoms with Crippen molar-refractivity contribution in [3.63, 3.8) is 0 Å². The van der Waals surface area contributed by atoms with Crippen LogP contribution in [0.5, 0.6) is 5.75 Å². The zero-order valence-corrected chi connectivity index (χ0v) is 16.1. The summed E-state index contributed by atoms with van der Waals surface area (Å²) in [6, 6.07) is 12.0. The molecule has 1 saturated heterocycles. The summed E-state index contributed by atoms with van der Waals surface area (Å²) in [6.07, 6.45) is 1.98. The molecule has 0 spiro atoms. The number of ether oxygens (including phenoxy) is 1. The Morgan fingerprint density at radius 2 is 1.85 bits per heavy atom. The molecule has 1 aliphatic heterocycles. The fourth-order valence-electron chi connectivity index (χ4n) is 3.74. The molecule has 142 valence electrons. The first kappa shape index (κ1) is 17.8. The number of nitrogens with zero attached hydrogens (tertiary/aromatic N) is 4. The highest BCUT2D eigenvalue weighted by Gasteiger charge is 2.21. The van der Waals surface area contributed by atoms with Crippen LogP contribution in [0.4, 0.5) is 5.69 Å². The van der Waals surface area contributed by atoms with Gasteiger partial charge in [0.05, 0.1) is 18.5 Å². The molecule has 1 aromatic carbocycles. The van der Waals surface area contributed by atoms with Crippen molar-refractivity contribution in [2.24, 2.45) is 0 Å². The van der Waals surface area contributed by atoms with Gasteiger partial charge in [0.25, 0.3) is 0 Å². The van der Waals surface area contributed by atoms with E-state index in [1.165, 1.54) is 5.69 Å². The molecule has 1 aliphatic rings. The molecule has 0 amide bonds. The van der Waals surface area contributed by atoms with E-state index in [9.17, 15) is 0 Å². The molecule has 4 rings (SSSR count). The van der Waals surface area contributed by atoms with Crippen molar-refractivity contribution in [1.29, 1.82) is 0 Å². The molecule has 3 aromatic rings. The van der Waals surface area contributed by atoms with Gasteiger partial charge < -0.3 is 19.8 Å². The minimum absolute atomic E-state index is 0.745. The molecule has 3 heterocycles. The van der Waals surface area contributed by atoms with Crippen LogP contribution in [0.2, 0.25) is 0 Å². The van der Waals surface area contributed by atoms with Crippen molar-refractivity contribution in [1.82, 2.24) is 19.2 Å². The van der Waals surface area contributed by atoms with Gasteiger partial charge in [0.15, 0.2) is 0 Å². The number of pyridine rings is 1. The Hall–Kier alpha value is -2.57. The summed E-state index contributed by atoms with van der Waals surface area (Å²) in [4.78, 5) is 9.91.